The number of allylic oxidation sites excluding steroid dienone is 2. The molecule has 0 saturated carbocycles. The summed E-state index contributed by atoms with van der Waals surface area (Å²) in [6.45, 7) is 0. The summed E-state index contributed by atoms with van der Waals surface area (Å²) >= 11 is 9.30. The van der Waals surface area contributed by atoms with Crippen LogP contribution in [0.1, 0.15) is 19.3 Å². The third-order valence-corrected chi connectivity index (χ3v) is 3.75. The van der Waals surface area contributed by atoms with Crippen molar-refractivity contribution in [1.82, 2.24) is 0 Å². The Balaban J connectivity index is 2.07. The molecule has 1 aliphatic rings. The Hall–Kier alpha value is -0.800. The molecule has 1 unspecified atom stereocenters. The minimum Gasteiger partial charge on any atom is -0.325 e. The van der Waals surface area contributed by atoms with Crippen LogP contribution in [-0.2, 0) is 4.79 Å². The van der Waals surface area contributed by atoms with Crippen molar-refractivity contribution in [3.05, 3.63) is 39.8 Å². The highest BCUT2D eigenvalue weighted by Crippen LogP contribution is 2.27. The Morgan fingerprint density at radius 2 is 2.24 bits per heavy atom. The molecular formula is C13H13BrClNO. The Kier molecular flexibility index (Phi) is 4.24. The summed E-state index contributed by atoms with van der Waals surface area (Å²) in [5, 5.41) is 3.53. The minimum atomic E-state index is 0.0670. The number of carbonyl (C=O) groups excluding carboxylic acids is 1. The lowest BCUT2D eigenvalue weighted by molar-refractivity contribution is -0.120. The summed E-state index contributed by atoms with van der Waals surface area (Å²) in [5.74, 6) is 0.142. The van der Waals surface area contributed by atoms with Crippen LogP contribution in [0.3, 0.4) is 0 Å². The maximum atomic E-state index is 12.0. The SMILES string of the molecule is O=C(Nc1cc(Cl)ccc1Br)C1CC=CCC1. The van der Waals surface area contributed by atoms with Gasteiger partial charge in [0.25, 0.3) is 0 Å². The summed E-state index contributed by atoms with van der Waals surface area (Å²) < 4.78 is 0.849. The Labute approximate surface area is 114 Å². The van der Waals surface area contributed by atoms with Crippen molar-refractivity contribution >= 4 is 39.1 Å². The van der Waals surface area contributed by atoms with Crippen molar-refractivity contribution in [2.45, 2.75) is 19.3 Å². The zero-order chi connectivity index (χ0) is 12.3. The lowest BCUT2D eigenvalue weighted by atomic mass is 9.93. The smallest absolute Gasteiger partial charge is 0.227 e. The Morgan fingerprint density at radius 1 is 1.41 bits per heavy atom. The van der Waals surface area contributed by atoms with E-state index in [-0.39, 0.29) is 11.8 Å². The van der Waals surface area contributed by atoms with Gasteiger partial charge in [0.2, 0.25) is 5.91 Å². The van der Waals surface area contributed by atoms with E-state index in [4.69, 9.17) is 11.6 Å². The second-order valence-corrected chi connectivity index (χ2v) is 5.39. The highest BCUT2D eigenvalue weighted by atomic mass is 79.9. The molecule has 0 fully saturated rings. The number of hydrogen-bond donors (Lipinski definition) is 1. The first-order valence-electron chi connectivity index (χ1n) is 5.58. The first-order valence-corrected chi connectivity index (χ1v) is 6.75. The molecule has 1 amide bonds. The van der Waals surface area contributed by atoms with Crippen LogP contribution >= 0.6 is 27.5 Å². The van der Waals surface area contributed by atoms with E-state index in [0.29, 0.717) is 5.02 Å². The monoisotopic (exact) mass is 313 g/mol. The van der Waals surface area contributed by atoms with Crippen molar-refractivity contribution in [2.24, 2.45) is 5.92 Å². The molecule has 0 bridgehead atoms. The van der Waals surface area contributed by atoms with Gasteiger partial charge in [-0.3, -0.25) is 4.79 Å². The Morgan fingerprint density at radius 3 is 2.94 bits per heavy atom. The molecule has 0 aliphatic heterocycles. The van der Waals surface area contributed by atoms with Crippen LogP contribution in [-0.4, -0.2) is 5.91 Å². The van der Waals surface area contributed by atoms with Gasteiger partial charge in [-0.2, -0.15) is 0 Å². The van der Waals surface area contributed by atoms with Gasteiger partial charge in [0, 0.05) is 15.4 Å². The average Bonchev–Trinajstić information content (AvgIpc) is 2.35. The molecule has 1 aromatic carbocycles. The predicted octanol–water partition coefficient (Wildman–Crippen LogP) is 4.40. The molecule has 0 radical (unpaired) electrons. The van der Waals surface area contributed by atoms with Crippen LogP contribution in [0.2, 0.25) is 5.02 Å². The average molecular weight is 315 g/mol. The highest BCUT2D eigenvalue weighted by molar-refractivity contribution is 9.10. The fourth-order valence-corrected chi connectivity index (χ4v) is 2.38. The maximum absolute atomic E-state index is 12.0. The van der Waals surface area contributed by atoms with E-state index in [2.05, 4.69) is 33.4 Å². The quantitative estimate of drug-likeness (QED) is 0.806. The normalized spacial score (nSPS) is 19.1. The van der Waals surface area contributed by atoms with Gasteiger partial charge in [0.1, 0.15) is 0 Å². The van der Waals surface area contributed by atoms with Gasteiger partial charge in [0.05, 0.1) is 5.69 Å². The second-order valence-electron chi connectivity index (χ2n) is 4.09. The fraction of sp³-hybridized carbons (Fsp3) is 0.308. The zero-order valence-electron chi connectivity index (χ0n) is 9.25. The van der Waals surface area contributed by atoms with E-state index in [1.165, 1.54) is 0 Å². The molecule has 4 heteroatoms. The highest BCUT2D eigenvalue weighted by Gasteiger charge is 2.19. The van der Waals surface area contributed by atoms with Crippen LogP contribution in [0.25, 0.3) is 0 Å². The molecule has 2 nitrogen and oxygen atoms in total. The van der Waals surface area contributed by atoms with Gasteiger partial charge in [-0.1, -0.05) is 23.8 Å². The Bertz CT molecular complexity index is 459. The molecule has 2 rings (SSSR count). The van der Waals surface area contributed by atoms with Crippen molar-refractivity contribution in [1.29, 1.82) is 0 Å². The number of hydrogen-bond acceptors (Lipinski definition) is 1. The third-order valence-electron chi connectivity index (χ3n) is 2.83. The van der Waals surface area contributed by atoms with Gasteiger partial charge < -0.3 is 5.32 Å². The van der Waals surface area contributed by atoms with E-state index in [0.717, 1.165) is 29.4 Å². The van der Waals surface area contributed by atoms with Crippen LogP contribution in [0.4, 0.5) is 5.69 Å². The standard InChI is InChI=1S/C13H13BrClNO/c14-11-7-6-10(15)8-12(11)16-13(17)9-4-2-1-3-5-9/h1-2,6-9H,3-5H2,(H,16,17). The third kappa shape index (κ3) is 3.33. The van der Waals surface area contributed by atoms with E-state index >= 15 is 0 Å². The fourth-order valence-electron chi connectivity index (χ4n) is 1.86. The van der Waals surface area contributed by atoms with Gasteiger partial charge in [-0.25, -0.2) is 0 Å². The summed E-state index contributed by atoms with van der Waals surface area (Å²) in [6, 6.07) is 5.37. The topological polar surface area (TPSA) is 29.1 Å². The molecule has 1 N–H and O–H groups in total. The first kappa shape index (κ1) is 12.7. The summed E-state index contributed by atoms with van der Waals surface area (Å²) in [4.78, 5) is 12.0. The molecular weight excluding hydrogens is 302 g/mol. The van der Waals surface area contributed by atoms with E-state index < -0.39 is 0 Å². The predicted molar refractivity (Wildman–Crippen MR) is 74.3 cm³/mol. The molecule has 90 valence electrons. The summed E-state index contributed by atoms with van der Waals surface area (Å²) in [6.07, 6.45) is 6.92. The first-order chi connectivity index (χ1) is 8.16. The molecule has 0 spiro atoms. The number of rotatable bonds is 2. The van der Waals surface area contributed by atoms with Gasteiger partial charge in [0.15, 0.2) is 0 Å². The lowest BCUT2D eigenvalue weighted by Gasteiger charge is -2.17. The van der Waals surface area contributed by atoms with Gasteiger partial charge in [-0.05, 0) is 53.4 Å². The van der Waals surface area contributed by atoms with E-state index in [1.807, 2.05) is 6.07 Å². The summed E-state index contributed by atoms with van der Waals surface area (Å²) in [5.41, 5.74) is 0.733. The molecule has 1 aliphatic carbocycles. The number of benzene rings is 1. The molecule has 0 aromatic heterocycles. The molecule has 1 atom stereocenters. The van der Waals surface area contributed by atoms with Gasteiger partial charge in [-0.15, -0.1) is 0 Å². The molecule has 0 heterocycles. The van der Waals surface area contributed by atoms with E-state index in [1.54, 1.807) is 12.1 Å². The lowest BCUT2D eigenvalue weighted by Crippen LogP contribution is -2.23. The van der Waals surface area contributed by atoms with E-state index in [9.17, 15) is 4.79 Å². The van der Waals surface area contributed by atoms with Crippen molar-refractivity contribution < 1.29 is 4.79 Å². The molecule has 1 aromatic rings. The number of carbonyl (C=O) groups is 1. The maximum Gasteiger partial charge on any atom is 0.227 e. The molecule has 0 saturated heterocycles. The number of amides is 1. The van der Waals surface area contributed by atoms with Crippen molar-refractivity contribution in [3.63, 3.8) is 0 Å². The van der Waals surface area contributed by atoms with Gasteiger partial charge >= 0.3 is 0 Å². The number of nitrogens with one attached hydrogen (secondary N) is 1. The summed E-state index contributed by atoms with van der Waals surface area (Å²) in [7, 11) is 0. The zero-order valence-corrected chi connectivity index (χ0v) is 11.6. The van der Waals surface area contributed by atoms with Crippen molar-refractivity contribution in [2.75, 3.05) is 5.32 Å². The largest absolute Gasteiger partial charge is 0.325 e. The van der Waals surface area contributed by atoms with Crippen LogP contribution in [0.5, 0.6) is 0 Å². The minimum absolute atomic E-state index is 0.0670. The van der Waals surface area contributed by atoms with Crippen LogP contribution in [0, 0.1) is 5.92 Å². The van der Waals surface area contributed by atoms with Crippen LogP contribution in [0.15, 0.2) is 34.8 Å². The van der Waals surface area contributed by atoms with Crippen molar-refractivity contribution in [3.8, 4) is 0 Å². The number of anilines is 1. The second kappa shape index (κ2) is 5.69. The number of halogens is 2. The van der Waals surface area contributed by atoms with Crippen LogP contribution < -0.4 is 5.32 Å². The molecule has 17 heavy (non-hydrogen) atoms.